The minimum atomic E-state index is 0.541. The van der Waals surface area contributed by atoms with Gasteiger partial charge in [0.2, 0.25) is 0 Å². The molecule has 3 fully saturated rings. The van der Waals surface area contributed by atoms with Crippen LogP contribution in [0.2, 0.25) is 0 Å². The van der Waals surface area contributed by atoms with E-state index in [9.17, 15) is 0 Å². The molecular formula is C22H43N5O2. The van der Waals surface area contributed by atoms with E-state index in [0.29, 0.717) is 12.0 Å². The maximum Gasteiger partial charge on any atom is 0.191 e. The van der Waals surface area contributed by atoms with Crippen LogP contribution in [0.1, 0.15) is 39.0 Å². The molecule has 3 rings (SSSR count). The number of nitrogens with zero attached hydrogens (tertiary/aromatic N) is 3. The van der Waals surface area contributed by atoms with Crippen molar-refractivity contribution in [1.29, 1.82) is 0 Å². The fraction of sp³-hybridized carbons (Fsp3) is 0.955. The first kappa shape index (κ1) is 22.8. The minimum Gasteiger partial charge on any atom is -0.383 e. The summed E-state index contributed by atoms with van der Waals surface area (Å²) in [4.78, 5) is 10.1. The van der Waals surface area contributed by atoms with E-state index in [4.69, 9.17) is 14.5 Å². The molecule has 7 heteroatoms. The molecule has 0 aromatic heterocycles. The Bertz CT molecular complexity index is 468. The van der Waals surface area contributed by atoms with Crippen LogP contribution in [0.15, 0.2) is 4.99 Å². The van der Waals surface area contributed by atoms with Crippen molar-refractivity contribution in [2.75, 3.05) is 79.3 Å². The lowest BCUT2D eigenvalue weighted by molar-refractivity contribution is 0.121. The van der Waals surface area contributed by atoms with Gasteiger partial charge in [0.15, 0.2) is 5.96 Å². The number of likely N-dealkylation sites (tertiary alicyclic amines) is 2. The summed E-state index contributed by atoms with van der Waals surface area (Å²) in [7, 11) is 1.78. The zero-order chi connectivity index (χ0) is 20.3. The van der Waals surface area contributed by atoms with Crippen molar-refractivity contribution in [3.8, 4) is 0 Å². The Morgan fingerprint density at radius 1 is 1.03 bits per heavy atom. The van der Waals surface area contributed by atoms with Crippen LogP contribution in [0.3, 0.4) is 0 Å². The summed E-state index contributed by atoms with van der Waals surface area (Å²) in [6.07, 6.45) is 6.14. The summed E-state index contributed by atoms with van der Waals surface area (Å²) in [5, 5.41) is 7.17. The highest BCUT2D eigenvalue weighted by molar-refractivity contribution is 5.80. The van der Waals surface area contributed by atoms with Crippen LogP contribution < -0.4 is 10.6 Å². The first-order valence-electron chi connectivity index (χ1n) is 11.8. The molecule has 0 saturated carbocycles. The second-order valence-corrected chi connectivity index (χ2v) is 8.95. The van der Waals surface area contributed by atoms with Gasteiger partial charge in [0.1, 0.15) is 0 Å². The molecule has 3 aliphatic rings. The van der Waals surface area contributed by atoms with Crippen molar-refractivity contribution in [3.05, 3.63) is 0 Å². The van der Waals surface area contributed by atoms with E-state index < -0.39 is 0 Å². The number of guanidine groups is 1. The maximum atomic E-state index is 5.53. The number of methoxy groups -OCH3 is 1. The number of hydrogen-bond donors (Lipinski definition) is 2. The van der Waals surface area contributed by atoms with Crippen LogP contribution in [-0.4, -0.2) is 101 Å². The minimum absolute atomic E-state index is 0.541. The Labute approximate surface area is 177 Å². The third kappa shape index (κ3) is 8.04. The number of nitrogens with one attached hydrogen (secondary N) is 2. The van der Waals surface area contributed by atoms with Gasteiger partial charge in [0.25, 0.3) is 0 Å². The average Bonchev–Trinajstić information content (AvgIpc) is 3.26. The zero-order valence-corrected chi connectivity index (χ0v) is 18.7. The Kier molecular flexibility index (Phi) is 10.00. The van der Waals surface area contributed by atoms with Crippen molar-refractivity contribution in [2.45, 2.75) is 45.1 Å². The lowest BCUT2D eigenvalue weighted by atomic mass is 9.97. The second kappa shape index (κ2) is 12.7. The molecule has 0 aromatic rings. The fourth-order valence-corrected chi connectivity index (χ4v) is 4.70. The van der Waals surface area contributed by atoms with Gasteiger partial charge in [0, 0.05) is 59.0 Å². The summed E-state index contributed by atoms with van der Waals surface area (Å²) in [5.74, 6) is 2.47. The predicted octanol–water partition coefficient (Wildman–Crippen LogP) is 1.40. The molecule has 168 valence electrons. The van der Waals surface area contributed by atoms with Crippen molar-refractivity contribution >= 4 is 5.96 Å². The summed E-state index contributed by atoms with van der Waals surface area (Å²) in [6, 6.07) is 0.541. The first-order valence-corrected chi connectivity index (χ1v) is 11.8. The Hall–Kier alpha value is -0.890. The molecule has 0 radical (unpaired) electrons. The van der Waals surface area contributed by atoms with Gasteiger partial charge < -0.3 is 29.9 Å². The van der Waals surface area contributed by atoms with Crippen LogP contribution in [0, 0.1) is 11.8 Å². The van der Waals surface area contributed by atoms with Gasteiger partial charge in [-0.15, -0.1) is 0 Å². The van der Waals surface area contributed by atoms with Crippen LogP contribution in [0.25, 0.3) is 0 Å². The molecule has 29 heavy (non-hydrogen) atoms. The SMILES string of the molecule is CCNC(=NCC1CCN(CCOC)CC1)NC1CCN(CC2CCOC2)CC1. The summed E-state index contributed by atoms with van der Waals surface area (Å²) in [5.41, 5.74) is 0. The molecular weight excluding hydrogens is 366 g/mol. The third-order valence-corrected chi connectivity index (χ3v) is 6.64. The molecule has 3 aliphatic heterocycles. The van der Waals surface area contributed by atoms with Gasteiger partial charge in [-0.25, -0.2) is 0 Å². The molecule has 0 spiro atoms. The number of piperidine rings is 2. The predicted molar refractivity (Wildman–Crippen MR) is 119 cm³/mol. The molecule has 7 nitrogen and oxygen atoms in total. The van der Waals surface area contributed by atoms with E-state index in [1.54, 1.807) is 7.11 Å². The zero-order valence-electron chi connectivity index (χ0n) is 18.7. The van der Waals surface area contributed by atoms with Gasteiger partial charge in [-0.05, 0) is 64.0 Å². The topological polar surface area (TPSA) is 61.4 Å². The third-order valence-electron chi connectivity index (χ3n) is 6.64. The van der Waals surface area contributed by atoms with E-state index in [2.05, 4.69) is 27.4 Å². The smallest absolute Gasteiger partial charge is 0.191 e. The van der Waals surface area contributed by atoms with Gasteiger partial charge >= 0.3 is 0 Å². The normalized spacial score (nSPS) is 26.1. The Balaban J connectivity index is 1.36. The van der Waals surface area contributed by atoms with Crippen molar-refractivity contribution < 1.29 is 9.47 Å². The summed E-state index contributed by atoms with van der Waals surface area (Å²) >= 11 is 0. The molecule has 0 aliphatic carbocycles. The van der Waals surface area contributed by atoms with E-state index in [1.165, 1.54) is 64.8 Å². The fourth-order valence-electron chi connectivity index (χ4n) is 4.70. The molecule has 3 heterocycles. The van der Waals surface area contributed by atoms with Gasteiger partial charge in [0.05, 0.1) is 13.2 Å². The van der Waals surface area contributed by atoms with E-state index in [-0.39, 0.29) is 0 Å². The molecule has 1 unspecified atom stereocenters. The maximum absolute atomic E-state index is 5.53. The average molecular weight is 410 g/mol. The molecule has 0 amide bonds. The Morgan fingerprint density at radius 3 is 2.45 bits per heavy atom. The molecule has 2 N–H and O–H groups in total. The number of hydrogen-bond acceptors (Lipinski definition) is 5. The van der Waals surface area contributed by atoms with Crippen LogP contribution in [0.5, 0.6) is 0 Å². The molecule has 0 bridgehead atoms. The largest absolute Gasteiger partial charge is 0.383 e. The second-order valence-electron chi connectivity index (χ2n) is 8.95. The van der Waals surface area contributed by atoms with Crippen LogP contribution in [0.4, 0.5) is 0 Å². The summed E-state index contributed by atoms with van der Waals surface area (Å²) < 4.78 is 10.7. The number of aliphatic imine (C=N–C) groups is 1. The number of rotatable bonds is 9. The molecule has 1 atom stereocenters. The lowest BCUT2D eigenvalue weighted by Crippen LogP contribution is -2.49. The highest BCUT2D eigenvalue weighted by atomic mass is 16.5. The van der Waals surface area contributed by atoms with Crippen LogP contribution >= 0.6 is 0 Å². The van der Waals surface area contributed by atoms with Gasteiger partial charge in [-0.1, -0.05) is 0 Å². The van der Waals surface area contributed by atoms with Crippen LogP contribution in [-0.2, 0) is 9.47 Å². The van der Waals surface area contributed by atoms with Crippen molar-refractivity contribution in [2.24, 2.45) is 16.8 Å². The van der Waals surface area contributed by atoms with Gasteiger partial charge in [-0.3, -0.25) is 4.99 Å². The highest BCUT2D eigenvalue weighted by Crippen LogP contribution is 2.19. The lowest BCUT2D eigenvalue weighted by Gasteiger charge is -2.34. The van der Waals surface area contributed by atoms with Gasteiger partial charge in [-0.2, -0.15) is 0 Å². The monoisotopic (exact) mass is 409 g/mol. The standard InChI is InChI=1S/C22H43N5O2/c1-3-23-22(24-16-19-4-9-26(10-5-19)13-15-28-2)25-21-6-11-27(12-7-21)17-20-8-14-29-18-20/h19-21H,3-18H2,1-2H3,(H2,23,24,25). The van der Waals surface area contributed by atoms with E-state index in [0.717, 1.165) is 51.3 Å². The quantitative estimate of drug-likeness (QED) is 0.443. The first-order chi connectivity index (χ1) is 14.3. The molecule has 0 aromatic carbocycles. The van der Waals surface area contributed by atoms with E-state index >= 15 is 0 Å². The van der Waals surface area contributed by atoms with Crippen molar-refractivity contribution in [3.63, 3.8) is 0 Å². The van der Waals surface area contributed by atoms with E-state index in [1.807, 2.05) is 0 Å². The highest BCUT2D eigenvalue weighted by Gasteiger charge is 2.24. The van der Waals surface area contributed by atoms with Crippen molar-refractivity contribution in [1.82, 2.24) is 20.4 Å². The summed E-state index contributed by atoms with van der Waals surface area (Å²) in [6.45, 7) is 13.8. The molecule has 3 saturated heterocycles. The number of ether oxygens (including phenoxy) is 2. The Morgan fingerprint density at radius 2 is 1.79 bits per heavy atom.